The summed E-state index contributed by atoms with van der Waals surface area (Å²) in [5, 5.41) is 12.6. The Kier molecular flexibility index (Phi) is 52.1. The number of hydrogen-bond acceptors (Lipinski definition) is 24. The Labute approximate surface area is 757 Å². The number of alkyl halides is 2. The van der Waals surface area contributed by atoms with Crippen LogP contribution in [0, 0.1) is 60.2 Å². The molecule has 1 radical (unpaired) electrons. The molecule has 0 saturated carbocycles. The molecule has 2 aliphatic heterocycles. The van der Waals surface area contributed by atoms with Gasteiger partial charge in [-0.1, -0.05) is 134 Å². The van der Waals surface area contributed by atoms with Gasteiger partial charge in [0.05, 0.1) is 34.8 Å². The minimum atomic E-state index is -1.92. The lowest BCUT2D eigenvalue weighted by Crippen LogP contribution is -2.52. The average molecular weight is 1790 g/mol. The molecule has 3 amide bonds. The summed E-state index contributed by atoms with van der Waals surface area (Å²) in [7, 11) is 7.07. The number of amides is 3. The number of carboxylic acid groups (broad SMARTS) is 1. The van der Waals surface area contributed by atoms with Crippen LogP contribution in [0.5, 0.6) is 0 Å². The molecule has 28 nitrogen and oxygen atoms in total. The third kappa shape index (κ3) is 47.9. The first-order valence-corrected chi connectivity index (χ1v) is 42.0. The maximum Gasteiger partial charge on any atom is 0.410 e. The highest BCUT2D eigenvalue weighted by molar-refractivity contribution is 7.60. The van der Waals surface area contributed by atoms with Crippen LogP contribution in [0.1, 0.15) is 176 Å². The SMILES string of the molecule is C.CC(C)C[C@@H](C(=O)O[C@H](C)C(=O)OCc1ccccc1)N(C)C(=O)[C@@H](Cc1ccc(N2CCOCC2)cc1)OC(=O)[C@H](CC(C)(C)F)N(C)C(=O)OC(C)(C)C.CN(C(=O)OC(C)(C)C)[C@@H](CC(C)(C)F)C(=O)O[C@H](Cc1ccc(N2CCOCC2)cc1)C(=O)O.CN[C@@H](CC(C)C)C(=O)O[C@H](C)C(=O)OCc1ccccc1.C[B]P=O.[2H]C.[2H]C#CC#CC#CC#C. The third-order valence-electron chi connectivity index (χ3n) is 18.0. The molecule has 0 unspecified atom stereocenters. The van der Waals surface area contributed by atoms with Crippen molar-refractivity contribution in [1.82, 2.24) is 20.0 Å². The van der Waals surface area contributed by atoms with E-state index in [0.29, 0.717) is 49.9 Å². The van der Waals surface area contributed by atoms with E-state index >= 15 is 4.39 Å². The Balaban J connectivity index is 0.00000190. The minimum absolute atomic E-state index is 0. The van der Waals surface area contributed by atoms with Gasteiger partial charge in [-0.25, -0.2) is 47.1 Å². The molecule has 0 spiro atoms. The van der Waals surface area contributed by atoms with E-state index in [1.165, 1.54) is 70.1 Å². The molecule has 0 aromatic heterocycles. The molecule has 6 rings (SSSR count). The molecule has 8 atom stereocenters. The second-order valence-electron chi connectivity index (χ2n) is 33.2. The highest BCUT2D eigenvalue weighted by atomic mass is 31.1. The number of carboxylic acids is 1. The number of terminal acetylenes is 2. The Morgan fingerprint density at radius 2 is 0.882 bits per heavy atom. The Hall–Kier alpha value is -11.1. The van der Waals surface area contributed by atoms with Crippen molar-refractivity contribution in [3.05, 3.63) is 131 Å². The molecular formula is C95H135BF2N6O22P. The number of hydrogen-bond donors (Lipinski definition) is 2. The summed E-state index contributed by atoms with van der Waals surface area (Å²) in [4.78, 5) is 137. The van der Waals surface area contributed by atoms with Crippen LogP contribution in [0.25, 0.3) is 0 Å². The second kappa shape index (κ2) is 59.1. The smallest absolute Gasteiger partial charge is 0.410 e. The molecular weight excluding hydrogens is 1660 g/mol. The first-order valence-electron chi connectivity index (χ1n) is 42.6. The normalized spacial score (nSPS) is 14.2. The molecule has 2 heterocycles. The van der Waals surface area contributed by atoms with Crippen molar-refractivity contribution < 1.29 is 117 Å². The van der Waals surface area contributed by atoms with Crippen LogP contribution in [-0.4, -0.2) is 239 Å². The monoisotopic (exact) mass is 1790 g/mol. The van der Waals surface area contributed by atoms with Crippen LogP contribution < -0.4 is 15.1 Å². The Morgan fingerprint density at radius 1 is 0.528 bits per heavy atom. The minimum Gasteiger partial charge on any atom is -0.478 e. The summed E-state index contributed by atoms with van der Waals surface area (Å²) in [6, 6.07) is 28.7. The van der Waals surface area contributed by atoms with Crippen LogP contribution >= 0.6 is 8.34 Å². The molecule has 2 aliphatic rings. The van der Waals surface area contributed by atoms with Crippen molar-refractivity contribution in [2.75, 3.05) is 90.6 Å². The molecule has 0 aliphatic carbocycles. The van der Waals surface area contributed by atoms with Crippen LogP contribution in [0.4, 0.5) is 29.7 Å². The van der Waals surface area contributed by atoms with Crippen molar-refractivity contribution in [2.24, 2.45) is 11.8 Å². The van der Waals surface area contributed by atoms with E-state index in [-0.39, 0.29) is 60.6 Å². The number of benzene rings is 4. The number of morpholine rings is 2. The molecule has 4 aromatic carbocycles. The lowest BCUT2D eigenvalue weighted by molar-refractivity contribution is -0.174. The van der Waals surface area contributed by atoms with Gasteiger partial charge >= 0.3 is 54.0 Å². The summed E-state index contributed by atoms with van der Waals surface area (Å²) >= 11 is 0. The predicted octanol–water partition coefficient (Wildman–Crippen LogP) is 14.1. The van der Waals surface area contributed by atoms with Gasteiger partial charge in [0.15, 0.2) is 18.3 Å². The molecule has 32 heteroatoms. The fourth-order valence-corrected chi connectivity index (χ4v) is 11.6. The standard InChI is InChI=1S/C42H60FN3O10.C25H37FN2O7.C17H25NO4.C8H2.CH3BOP.2CH4/c1-28(2)24-33(38(49)54-29(3)37(48)53-27-31-14-12-11-13-15-31)44(9)36(47)35(25-30-16-18-32(19-17-30)46-20-22-52-23-21-46)55-39(50)34(26-42(7,8)43)45(10)40(51)56-41(4,5)6;1-24(2,3)35-23(32)27(6)19(16-25(4,5)26)22(31)34-20(21(29)30)15-17-7-9-18(10-8-17)28-11-13-33-14-12-28;1-12(2)10-15(18-4)17(20)22-13(3)16(19)21-11-14-8-6-5-7-9-14;1-3-5-7-8-6-4-2;1-2-4-3;;/h11-19,28-29,33-35H,20-27H2,1-10H3;7-10,19-20H,11-16H2,1-6H3,(H,29,30);5-9,12-13,15,18H,10-11H2,1-4H3;1-2H;1H3;2*1H4/t29-,33+,34+,35-;19-,20+;13-,15+;;;;/m101..../s1/i;;;1D;;1D;. The van der Waals surface area contributed by atoms with Gasteiger partial charge in [0.2, 0.25) is 13.1 Å². The van der Waals surface area contributed by atoms with Gasteiger partial charge in [-0.15, -0.1) is 12.8 Å². The topological polar surface area (TPSA) is 329 Å². The van der Waals surface area contributed by atoms with Crippen molar-refractivity contribution in [1.29, 1.82) is 0 Å². The fourth-order valence-electron chi connectivity index (χ4n) is 11.6. The number of nitrogens with zero attached hydrogens (tertiary/aromatic N) is 5. The molecule has 0 bridgehead atoms. The largest absolute Gasteiger partial charge is 0.478 e. The van der Waals surface area contributed by atoms with Crippen molar-refractivity contribution in [3.63, 3.8) is 0 Å². The zero-order valence-corrected chi connectivity index (χ0v) is 78.0. The van der Waals surface area contributed by atoms with E-state index in [1.807, 2.05) is 119 Å². The van der Waals surface area contributed by atoms with E-state index in [9.17, 15) is 62.0 Å². The number of carbonyl (C=O) groups excluding carboxylic acids is 9. The summed E-state index contributed by atoms with van der Waals surface area (Å²) in [6.07, 6.45) is -0.506. The maximum atomic E-state index is 15.2. The van der Waals surface area contributed by atoms with Crippen LogP contribution in [0.15, 0.2) is 109 Å². The zero-order chi connectivity index (χ0) is 97.1. The lowest BCUT2D eigenvalue weighted by Gasteiger charge is -2.34. The molecule has 2 saturated heterocycles. The number of ether oxygens (including phenoxy) is 10. The van der Waals surface area contributed by atoms with E-state index < -0.39 is 137 Å². The summed E-state index contributed by atoms with van der Waals surface area (Å²) in [6.45, 7) is 34.6. The summed E-state index contributed by atoms with van der Waals surface area (Å²) in [5.74, 6) is 7.09. The molecule has 699 valence electrons. The molecule has 127 heavy (non-hydrogen) atoms. The van der Waals surface area contributed by atoms with Crippen LogP contribution in [-0.2, 0) is 116 Å². The molecule has 2 fully saturated rings. The first-order chi connectivity index (χ1) is 60.1. The predicted molar refractivity (Wildman–Crippen MR) is 487 cm³/mol. The van der Waals surface area contributed by atoms with Gasteiger partial charge < -0.3 is 72.5 Å². The van der Waals surface area contributed by atoms with Gasteiger partial charge in [-0.05, 0) is 197 Å². The number of halogens is 2. The Bertz CT molecular complexity index is 4330. The Morgan fingerprint density at radius 3 is 1.21 bits per heavy atom. The van der Waals surface area contributed by atoms with Crippen molar-refractivity contribution in [2.45, 2.75) is 255 Å². The first kappa shape index (κ1) is 112. The summed E-state index contributed by atoms with van der Waals surface area (Å²) < 4.78 is 105. The number of esters is 6. The lowest BCUT2D eigenvalue weighted by atomic mass is 9.99. The van der Waals surface area contributed by atoms with Gasteiger partial charge in [0.1, 0.15) is 61.3 Å². The number of carbonyl (C=O) groups is 10. The third-order valence-corrected chi connectivity index (χ3v) is 18.2. The van der Waals surface area contributed by atoms with Crippen molar-refractivity contribution >= 4 is 86.6 Å². The number of anilines is 2. The highest BCUT2D eigenvalue weighted by Gasteiger charge is 2.43. The van der Waals surface area contributed by atoms with E-state index in [4.69, 9.17) is 56.5 Å². The maximum absolute atomic E-state index is 15.2. The average Bonchev–Trinajstić information content (AvgIpc) is 0.821. The van der Waals surface area contributed by atoms with Crippen LogP contribution in [0.3, 0.4) is 0 Å². The number of nitrogens with one attached hydrogen (secondary N) is 1. The summed E-state index contributed by atoms with van der Waals surface area (Å²) in [5.41, 5.74) is -0.593. The number of rotatable bonds is 35. The van der Waals surface area contributed by atoms with Gasteiger partial charge in [-0.3, -0.25) is 24.0 Å². The van der Waals surface area contributed by atoms with Gasteiger partial charge in [-0.2, -0.15) is 0 Å². The second-order valence-corrected chi connectivity index (χ2v) is 34.0. The van der Waals surface area contributed by atoms with Gasteiger partial charge in [0, 0.05) is 85.8 Å². The number of aliphatic carboxylic acids is 1. The van der Waals surface area contributed by atoms with E-state index in [2.05, 4.69) is 50.6 Å². The zero-order valence-electron chi connectivity index (χ0n) is 79.1. The highest BCUT2D eigenvalue weighted by Crippen LogP contribution is 2.28. The quantitative estimate of drug-likeness (QED) is 0.0142. The molecule has 4 aromatic rings. The van der Waals surface area contributed by atoms with Crippen molar-refractivity contribution in [3.8, 4) is 48.3 Å². The van der Waals surface area contributed by atoms with Gasteiger partial charge in [0.25, 0.3) is 5.91 Å². The van der Waals surface area contributed by atoms with Crippen LogP contribution in [0.2, 0.25) is 6.82 Å². The van der Waals surface area contributed by atoms with E-state index in [1.54, 1.807) is 86.7 Å². The number of likely N-dealkylation sites (N-methyl/N-ethyl adjacent to an activating group) is 4. The fraction of sp³-hybridized carbons (Fsp3) is 0.558. The molecule has 2 N–H and O–H groups in total. The van der Waals surface area contributed by atoms with E-state index in [0.717, 1.165) is 63.4 Å².